The molecule has 238 valence electrons. The SMILES string of the molecule is CCCCCCCC[C@H](C)OC(=O)c1ccc(-c2ccc(-c3ccc(C(=O)O[C@@H](C)CCCCCCCC)cc3)cc2)cc1. The van der Waals surface area contributed by atoms with Gasteiger partial charge in [0.25, 0.3) is 0 Å². The summed E-state index contributed by atoms with van der Waals surface area (Å²) in [4.78, 5) is 25.3. The average molecular weight is 599 g/mol. The molecule has 0 heterocycles. The molecule has 0 spiro atoms. The first-order valence-corrected chi connectivity index (χ1v) is 17.1. The molecule has 0 saturated carbocycles. The number of hydrogen-bond donors (Lipinski definition) is 0. The van der Waals surface area contributed by atoms with E-state index < -0.39 is 0 Å². The van der Waals surface area contributed by atoms with Gasteiger partial charge < -0.3 is 9.47 Å². The minimum absolute atomic E-state index is 0.0703. The summed E-state index contributed by atoms with van der Waals surface area (Å²) in [6.07, 6.45) is 16.5. The highest BCUT2D eigenvalue weighted by atomic mass is 16.5. The molecule has 2 atom stereocenters. The molecular formula is C40H54O4. The number of rotatable bonds is 20. The van der Waals surface area contributed by atoms with Crippen molar-refractivity contribution in [1.29, 1.82) is 0 Å². The maximum absolute atomic E-state index is 12.6. The summed E-state index contributed by atoms with van der Waals surface area (Å²) in [5.74, 6) is -0.519. The van der Waals surface area contributed by atoms with Crippen molar-refractivity contribution in [3.63, 3.8) is 0 Å². The van der Waals surface area contributed by atoms with Crippen LogP contribution in [-0.2, 0) is 9.47 Å². The van der Waals surface area contributed by atoms with Crippen LogP contribution in [0.25, 0.3) is 22.3 Å². The monoisotopic (exact) mass is 598 g/mol. The molecule has 0 aromatic heterocycles. The summed E-state index contributed by atoms with van der Waals surface area (Å²) in [7, 11) is 0. The van der Waals surface area contributed by atoms with E-state index in [1.54, 1.807) is 0 Å². The number of carbonyl (C=O) groups is 2. The fourth-order valence-electron chi connectivity index (χ4n) is 5.50. The zero-order valence-electron chi connectivity index (χ0n) is 27.6. The van der Waals surface area contributed by atoms with Crippen LogP contribution >= 0.6 is 0 Å². The lowest BCUT2D eigenvalue weighted by atomic mass is 9.99. The largest absolute Gasteiger partial charge is 0.459 e. The quantitative estimate of drug-likeness (QED) is 0.0959. The smallest absolute Gasteiger partial charge is 0.338 e. The molecular weight excluding hydrogens is 544 g/mol. The van der Waals surface area contributed by atoms with Crippen molar-refractivity contribution < 1.29 is 19.1 Å². The molecule has 0 aliphatic carbocycles. The van der Waals surface area contributed by atoms with Gasteiger partial charge in [0, 0.05) is 0 Å². The van der Waals surface area contributed by atoms with Crippen molar-refractivity contribution in [2.45, 2.75) is 130 Å². The first-order chi connectivity index (χ1) is 21.4. The van der Waals surface area contributed by atoms with Gasteiger partial charge in [-0.1, -0.05) is 127 Å². The Morgan fingerprint density at radius 1 is 0.455 bits per heavy atom. The maximum Gasteiger partial charge on any atom is 0.338 e. The average Bonchev–Trinajstić information content (AvgIpc) is 3.04. The lowest BCUT2D eigenvalue weighted by Gasteiger charge is -2.14. The maximum atomic E-state index is 12.6. The van der Waals surface area contributed by atoms with Crippen molar-refractivity contribution in [2.75, 3.05) is 0 Å². The van der Waals surface area contributed by atoms with E-state index in [2.05, 4.69) is 38.1 Å². The normalized spacial score (nSPS) is 12.5. The third kappa shape index (κ3) is 12.3. The van der Waals surface area contributed by atoms with Gasteiger partial charge in [-0.2, -0.15) is 0 Å². The highest BCUT2D eigenvalue weighted by Gasteiger charge is 2.14. The summed E-state index contributed by atoms with van der Waals surface area (Å²) in [6, 6.07) is 23.6. The van der Waals surface area contributed by atoms with Gasteiger partial charge in [0.05, 0.1) is 23.3 Å². The van der Waals surface area contributed by atoms with Crippen molar-refractivity contribution >= 4 is 11.9 Å². The van der Waals surface area contributed by atoms with Crippen LogP contribution in [0, 0.1) is 0 Å². The zero-order chi connectivity index (χ0) is 31.6. The van der Waals surface area contributed by atoms with Gasteiger partial charge in [-0.05, 0) is 86.1 Å². The van der Waals surface area contributed by atoms with E-state index in [4.69, 9.17) is 9.47 Å². The highest BCUT2D eigenvalue weighted by molar-refractivity contribution is 5.91. The first kappa shape index (κ1) is 35.1. The number of unbranched alkanes of at least 4 members (excludes halogenated alkanes) is 10. The van der Waals surface area contributed by atoms with Crippen LogP contribution in [0.15, 0.2) is 72.8 Å². The van der Waals surface area contributed by atoms with Crippen LogP contribution in [0.4, 0.5) is 0 Å². The predicted octanol–water partition coefficient (Wildman–Crippen LogP) is 11.6. The lowest BCUT2D eigenvalue weighted by Crippen LogP contribution is -2.15. The van der Waals surface area contributed by atoms with Crippen LogP contribution in [-0.4, -0.2) is 24.1 Å². The molecule has 3 aromatic carbocycles. The van der Waals surface area contributed by atoms with E-state index >= 15 is 0 Å². The lowest BCUT2D eigenvalue weighted by molar-refractivity contribution is 0.0309. The van der Waals surface area contributed by atoms with Crippen molar-refractivity contribution in [3.8, 4) is 22.3 Å². The van der Waals surface area contributed by atoms with E-state index in [1.807, 2.05) is 62.4 Å². The second-order valence-corrected chi connectivity index (χ2v) is 12.3. The van der Waals surface area contributed by atoms with E-state index in [0.717, 1.165) is 47.9 Å². The molecule has 0 unspecified atom stereocenters. The number of benzene rings is 3. The Bertz CT molecular complexity index is 1130. The number of esters is 2. The highest BCUT2D eigenvalue weighted by Crippen LogP contribution is 2.26. The van der Waals surface area contributed by atoms with Crippen LogP contribution in [0.3, 0.4) is 0 Å². The summed E-state index contributed by atoms with van der Waals surface area (Å²) in [6.45, 7) is 8.42. The van der Waals surface area contributed by atoms with Gasteiger partial charge in [-0.15, -0.1) is 0 Å². The van der Waals surface area contributed by atoms with Crippen LogP contribution in [0.2, 0.25) is 0 Å². The molecule has 0 bridgehead atoms. The Labute approximate surface area is 266 Å². The Morgan fingerprint density at radius 3 is 1.05 bits per heavy atom. The Kier molecular flexibility index (Phi) is 15.8. The van der Waals surface area contributed by atoms with Gasteiger partial charge in [-0.25, -0.2) is 9.59 Å². The molecule has 0 N–H and O–H groups in total. The first-order valence-electron chi connectivity index (χ1n) is 17.1. The molecule has 4 nitrogen and oxygen atoms in total. The topological polar surface area (TPSA) is 52.6 Å². The molecule has 44 heavy (non-hydrogen) atoms. The molecule has 0 aliphatic heterocycles. The van der Waals surface area contributed by atoms with E-state index in [9.17, 15) is 9.59 Å². The van der Waals surface area contributed by atoms with Gasteiger partial charge in [0.15, 0.2) is 0 Å². The molecule has 0 aliphatic rings. The molecule has 0 amide bonds. The van der Waals surface area contributed by atoms with Gasteiger partial charge >= 0.3 is 11.9 Å². The summed E-state index contributed by atoms with van der Waals surface area (Å²) in [5, 5.41) is 0. The van der Waals surface area contributed by atoms with Crippen LogP contribution < -0.4 is 0 Å². The molecule has 0 fully saturated rings. The van der Waals surface area contributed by atoms with Crippen molar-refractivity contribution in [2.24, 2.45) is 0 Å². The summed E-state index contributed by atoms with van der Waals surface area (Å²) < 4.78 is 11.4. The standard InChI is InChI=1S/C40H54O4/c1-5-7-9-11-13-15-17-31(3)43-39(41)37-27-23-35(24-28-37)33-19-21-34(22-20-33)36-25-29-38(30-26-36)40(42)44-32(4)18-16-14-12-10-8-6-2/h19-32H,5-18H2,1-4H3/t31-,32-/m0/s1. The summed E-state index contributed by atoms with van der Waals surface area (Å²) in [5.41, 5.74) is 5.39. The summed E-state index contributed by atoms with van der Waals surface area (Å²) >= 11 is 0. The van der Waals surface area contributed by atoms with Gasteiger partial charge in [-0.3, -0.25) is 0 Å². The zero-order valence-corrected chi connectivity index (χ0v) is 27.6. The molecule has 4 heteroatoms. The molecule has 3 aromatic rings. The molecule has 0 saturated heterocycles. The van der Waals surface area contributed by atoms with E-state index in [1.165, 1.54) is 64.2 Å². The fourth-order valence-corrected chi connectivity index (χ4v) is 5.50. The number of ether oxygens (including phenoxy) is 2. The Balaban J connectivity index is 1.46. The Hall–Kier alpha value is -3.40. The number of hydrogen-bond acceptors (Lipinski definition) is 4. The third-order valence-electron chi connectivity index (χ3n) is 8.34. The number of carbonyl (C=O) groups excluding carboxylic acids is 2. The molecule has 0 radical (unpaired) electrons. The van der Waals surface area contributed by atoms with Crippen molar-refractivity contribution in [1.82, 2.24) is 0 Å². The second kappa shape index (κ2) is 19.8. The minimum Gasteiger partial charge on any atom is -0.459 e. The van der Waals surface area contributed by atoms with Crippen LogP contribution in [0.1, 0.15) is 138 Å². The van der Waals surface area contributed by atoms with E-state index in [-0.39, 0.29) is 24.1 Å². The van der Waals surface area contributed by atoms with Crippen molar-refractivity contribution in [3.05, 3.63) is 83.9 Å². The van der Waals surface area contributed by atoms with Gasteiger partial charge in [0.1, 0.15) is 0 Å². The van der Waals surface area contributed by atoms with E-state index in [0.29, 0.717) is 11.1 Å². The Morgan fingerprint density at radius 2 is 0.727 bits per heavy atom. The van der Waals surface area contributed by atoms with Gasteiger partial charge in [0.2, 0.25) is 0 Å². The molecule has 3 rings (SSSR count). The predicted molar refractivity (Wildman–Crippen MR) is 183 cm³/mol. The third-order valence-corrected chi connectivity index (χ3v) is 8.34. The minimum atomic E-state index is -0.259. The second-order valence-electron chi connectivity index (χ2n) is 12.3. The van der Waals surface area contributed by atoms with Crippen LogP contribution in [0.5, 0.6) is 0 Å². The fraction of sp³-hybridized carbons (Fsp3) is 0.500.